The highest BCUT2D eigenvalue weighted by Crippen LogP contribution is 2.26. The zero-order valence-electron chi connectivity index (χ0n) is 18.3. The number of nitrogens with one attached hydrogen (secondary N) is 2. The average molecular weight is 478 g/mol. The van der Waals surface area contributed by atoms with Crippen LogP contribution in [0.25, 0.3) is 10.8 Å². The minimum atomic E-state index is -0.143. The molecule has 0 saturated carbocycles. The van der Waals surface area contributed by atoms with Gasteiger partial charge in [0.15, 0.2) is 4.34 Å². The molecular formula is C25H23N3O3S2. The second-order valence-electron chi connectivity index (χ2n) is 7.38. The molecule has 6 nitrogen and oxygen atoms in total. The first-order chi connectivity index (χ1) is 16.0. The Labute approximate surface area is 200 Å². The van der Waals surface area contributed by atoms with Crippen molar-refractivity contribution in [2.45, 2.75) is 17.7 Å². The lowest BCUT2D eigenvalue weighted by Crippen LogP contribution is -2.15. The molecule has 2 N–H and O–H groups in total. The van der Waals surface area contributed by atoms with Crippen LogP contribution in [0.1, 0.15) is 11.3 Å². The van der Waals surface area contributed by atoms with Gasteiger partial charge in [0, 0.05) is 22.1 Å². The van der Waals surface area contributed by atoms with E-state index in [2.05, 4.69) is 15.6 Å². The number of carbonyl (C=O) groups excluding carboxylic acids is 2. The summed E-state index contributed by atoms with van der Waals surface area (Å²) in [6, 6.07) is 19.3. The molecule has 0 bridgehead atoms. The van der Waals surface area contributed by atoms with E-state index in [0.29, 0.717) is 11.4 Å². The number of thiazole rings is 1. The number of anilines is 2. The summed E-state index contributed by atoms with van der Waals surface area (Å²) >= 11 is 2.79. The van der Waals surface area contributed by atoms with E-state index in [0.717, 1.165) is 32.1 Å². The third kappa shape index (κ3) is 5.91. The first-order valence-electron chi connectivity index (χ1n) is 10.3. The summed E-state index contributed by atoms with van der Waals surface area (Å²) in [7, 11) is 1.62. The van der Waals surface area contributed by atoms with Crippen LogP contribution in [0.5, 0.6) is 5.75 Å². The molecule has 0 radical (unpaired) electrons. The molecule has 33 heavy (non-hydrogen) atoms. The van der Waals surface area contributed by atoms with E-state index in [-0.39, 0.29) is 24.0 Å². The normalized spacial score (nSPS) is 10.7. The number of hydrogen-bond acceptors (Lipinski definition) is 6. The highest BCUT2D eigenvalue weighted by Gasteiger charge is 2.12. The second kappa shape index (κ2) is 10.5. The van der Waals surface area contributed by atoms with E-state index >= 15 is 0 Å². The third-order valence-electron chi connectivity index (χ3n) is 4.94. The number of fused-ring (bicyclic) bond motifs is 1. The number of amides is 2. The molecule has 4 aromatic rings. The summed E-state index contributed by atoms with van der Waals surface area (Å²) in [4.78, 5) is 29.3. The van der Waals surface area contributed by atoms with E-state index in [4.69, 9.17) is 4.74 Å². The fourth-order valence-corrected chi connectivity index (χ4v) is 5.05. The maximum atomic E-state index is 12.5. The number of hydrogen-bond donors (Lipinski definition) is 2. The Morgan fingerprint density at radius 3 is 2.67 bits per heavy atom. The molecule has 0 spiro atoms. The Bertz CT molecular complexity index is 1300. The van der Waals surface area contributed by atoms with Crippen LogP contribution in [-0.2, 0) is 16.0 Å². The van der Waals surface area contributed by atoms with Crippen LogP contribution >= 0.6 is 23.1 Å². The molecule has 2 amide bonds. The SMILES string of the molecule is COc1ccc(NC(=O)Cc2csc(SCC(=O)Nc3cccc4ccccc34)n2)cc1C. The predicted molar refractivity (Wildman–Crippen MR) is 135 cm³/mol. The van der Waals surface area contributed by atoms with Gasteiger partial charge in [0.25, 0.3) is 0 Å². The number of benzene rings is 3. The van der Waals surface area contributed by atoms with Gasteiger partial charge in [0.2, 0.25) is 11.8 Å². The van der Waals surface area contributed by atoms with Crippen molar-refractivity contribution in [3.63, 3.8) is 0 Å². The number of rotatable bonds is 8. The van der Waals surface area contributed by atoms with Crippen molar-refractivity contribution in [3.8, 4) is 5.75 Å². The molecular weight excluding hydrogens is 454 g/mol. The van der Waals surface area contributed by atoms with Crippen molar-refractivity contribution in [1.82, 2.24) is 4.98 Å². The van der Waals surface area contributed by atoms with Crippen LogP contribution in [0.2, 0.25) is 0 Å². The first-order valence-corrected chi connectivity index (χ1v) is 12.2. The predicted octanol–water partition coefficient (Wildman–Crippen LogP) is 5.53. The average Bonchev–Trinajstić information content (AvgIpc) is 3.25. The van der Waals surface area contributed by atoms with Gasteiger partial charge in [-0.05, 0) is 42.1 Å². The third-order valence-corrected chi connectivity index (χ3v) is 7.01. The number of aromatic nitrogens is 1. The van der Waals surface area contributed by atoms with Crippen molar-refractivity contribution in [1.29, 1.82) is 0 Å². The van der Waals surface area contributed by atoms with Crippen molar-refractivity contribution >= 4 is 57.1 Å². The zero-order valence-corrected chi connectivity index (χ0v) is 19.9. The van der Waals surface area contributed by atoms with Gasteiger partial charge in [-0.1, -0.05) is 48.2 Å². The van der Waals surface area contributed by atoms with Crippen molar-refractivity contribution in [2.75, 3.05) is 23.5 Å². The van der Waals surface area contributed by atoms with E-state index in [9.17, 15) is 9.59 Å². The highest BCUT2D eigenvalue weighted by molar-refractivity contribution is 8.01. The molecule has 0 aliphatic carbocycles. The van der Waals surface area contributed by atoms with Gasteiger partial charge in [-0.15, -0.1) is 11.3 Å². The lowest BCUT2D eigenvalue weighted by atomic mass is 10.1. The molecule has 0 saturated heterocycles. The van der Waals surface area contributed by atoms with Crippen molar-refractivity contribution < 1.29 is 14.3 Å². The number of thioether (sulfide) groups is 1. The summed E-state index contributed by atoms with van der Waals surface area (Å²) in [5.74, 6) is 0.780. The summed E-state index contributed by atoms with van der Waals surface area (Å²) < 4.78 is 6.00. The van der Waals surface area contributed by atoms with Crippen LogP contribution in [0.15, 0.2) is 70.4 Å². The summed E-state index contributed by atoms with van der Waals surface area (Å²) in [6.45, 7) is 1.93. The van der Waals surface area contributed by atoms with Gasteiger partial charge < -0.3 is 15.4 Å². The van der Waals surface area contributed by atoms with Crippen molar-refractivity contribution in [2.24, 2.45) is 0 Å². The minimum absolute atomic E-state index is 0.0966. The van der Waals surface area contributed by atoms with Crippen LogP contribution in [0.3, 0.4) is 0 Å². The molecule has 0 unspecified atom stereocenters. The van der Waals surface area contributed by atoms with E-state index in [1.807, 2.05) is 66.9 Å². The molecule has 3 aromatic carbocycles. The Morgan fingerprint density at radius 1 is 1.03 bits per heavy atom. The number of carbonyl (C=O) groups is 2. The summed E-state index contributed by atoms with van der Waals surface area (Å²) in [5.41, 5.74) is 3.14. The van der Waals surface area contributed by atoms with E-state index in [1.165, 1.54) is 23.1 Å². The number of aryl methyl sites for hydroxylation is 1. The monoisotopic (exact) mass is 477 g/mol. The zero-order chi connectivity index (χ0) is 23.2. The quantitative estimate of drug-likeness (QED) is 0.326. The number of methoxy groups -OCH3 is 1. The summed E-state index contributed by atoms with van der Waals surface area (Å²) in [5, 5.41) is 9.80. The van der Waals surface area contributed by atoms with Gasteiger partial charge in [-0.3, -0.25) is 9.59 Å². The molecule has 1 aromatic heterocycles. The molecule has 168 valence electrons. The van der Waals surface area contributed by atoms with Gasteiger partial charge in [-0.2, -0.15) is 0 Å². The molecule has 4 rings (SSSR count). The standard InChI is InChI=1S/C25H23N3O3S2/c1-16-12-18(10-11-22(16)31-2)26-23(29)13-19-14-32-25(27-19)33-15-24(30)28-21-9-5-7-17-6-3-4-8-20(17)21/h3-12,14H,13,15H2,1-2H3,(H,26,29)(H,28,30). The molecule has 0 atom stereocenters. The van der Waals surface area contributed by atoms with Crippen LogP contribution in [0.4, 0.5) is 11.4 Å². The van der Waals surface area contributed by atoms with Gasteiger partial charge >= 0.3 is 0 Å². The van der Waals surface area contributed by atoms with Gasteiger partial charge in [0.05, 0.1) is 25.0 Å². The van der Waals surface area contributed by atoms with Gasteiger partial charge in [-0.25, -0.2) is 4.98 Å². The molecule has 1 heterocycles. The van der Waals surface area contributed by atoms with E-state index in [1.54, 1.807) is 13.2 Å². The second-order valence-corrected chi connectivity index (χ2v) is 9.46. The number of nitrogens with zero attached hydrogens (tertiary/aromatic N) is 1. The maximum Gasteiger partial charge on any atom is 0.234 e. The van der Waals surface area contributed by atoms with Crippen LogP contribution in [0, 0.1) is 6.92 Å². The fraction of sp³-hybridized carbons (Fsp3) is 0.160. The minimum Gasteiger partial charge on any atom is -0.496 e. The first kappa shape index (κ1) is 22.8. The topological polar surface area (TPSA) is 80.3 Å². The van der Waals surface area contributed by atoms with Crippen molar-refractivity contribution in [3.05, 3.63) is 77.3 Å². The lowest BCUT2D eigenvalue weighted by Gasteiger charge is -2.08. The smallest absolute Gasteiger partial charge is 0.234 e. The Hall–Kier alpha value is -3.36. The molecule has 8 heteroatoms. The molecule has 0 aliphatic rings. The fourth-order valence-electron chi connectivity index (χ4n) is 3.41. The largest absolute Gasteiger partial charge is 0.496 e. The molecule has 0 aliphatic heterocycles. The highest BCUT2D eigenvalue weighted by atomic mass is 32.2. The Balaban J connectivity index is 1.29. The van der Waals surface area contributed by atoms with E-state index < -0.39 is 0 Å². The maximum absolute atomic E-state index is 12.5. The molecule has 0 fully saturated rings. The van der Waals surface area contributed by atoms with Crippen LogP contribution in [-0.4, -0.2) is 29.7 Å². The number of ether oxygens (including phenoxy) is 1. The summed E-state index contributed by atoms with van der Waals surface area (Å²) in [6.07, 6.45) is 0.171. The van der Waals surface area contributed by atoms with Crippen LogP contribution < -0.4 is 15.4 Å². The lowest BCUT2D eigenvalue weighted by molar-refractivity contribution is -0.116. The van der Waals surface area contributed by atoms with Gasteiger partial charge in [0.1, 0.15) is 5.75 Å². The Morgan fingerprint density at radius 2 is 1.85 bits per heavy atom. The Kier molecular flexibility index (Phi) is 7.26.